The molecule has 2 heteroatoms. The van der Waals surface area contributed by atoms with Crippen LogP contribution in [0.3, 0.4) is 0 Å². The topological polar surface area (TPSA) is 28.7 Å². The van der Waals surface area contributed by atoms with Crippen LogP contribution in [0.15, 0.2) is 54.7 Å². The first kappa shape index (κ1) is 16.5. The Morgan fingerprint density at radius 1 is 0.833 bits per heavy atom. The Balaban J connectivity index is 1.99. The third-order valence-corrected chi connectivity index (χ3v) is 4.64. The summed E-state index contributed by atoms with van der Waals surface area (Å²) in [4.78, 5) is 0. The first-order valence-electron chi connectivity index (χ1n) is 8.76. The average molecular weight is 318 g/mol. The predicted molar refractivity (Wildman–Crippen MR) is 101 cm³/mol. The van der Waals surface area contributed by atoms with Gasteiger partial charge in [0.15, 0.2) is 0 Å². The third kappa shape index (κ3) is 3.43. The van der Waals surface area contributed by atoms with Gasteiger partial charge in [0.05, 0.1) is 5.69 Å². The number of nitrogens with one attached hydrogen (secondary N) is 1. The number of H-pyrrole nitrogens is 1. The fourth-order valence-electron chi connectivity index (χ4n) is 3.34. The maximum atomic E-state index is 4.07. The van der Waals surface area contributed by atoms with Crippen LogP contribution >= 0.6 is 0 Å². The number of aromatic nitrogens is 2. The minimum atomic E-state index is 0.495. The molecular formula is C22H26N2. The summed E-state index contributed by atoms with van der Waals surface area (Å²) in [5.74, 6) is 1.04. The van der Waals surface area contributed by atoms with E-state index >= 15 is 0 Å². The molecule has 0 atom stereocenters. The number of nitrogens with zero attached hydrogens (tertiary/aromatic N) is 1. The molecule has 0 spiro atoms. The van der Waals surface area contributed by atoms with Crippen LogP contribution in [0, 0.1) is 0 Å². The van der Waals surface area contributed by atoms with E-state index in [-0.39, 0.29) is 0 Å². The van der Waals surface area contributed by atoms with Gasteiger partial charge in [-0.2, -0.15) is 5.10 Å². The van der Waals surface area contributed by atoms with Gasteiger partial charge in [0, 0.05) is 6.20 Å². The minimum Gasteiger partial charge on any atom is -0.278 e. The molecule has 0 amide bonds. The maximum absolute atomic E-state index is 4.07. The third-order valence-electron chi connectivity index (χ3n) is 4.64. The molecular weight excluding hydrogens is 292 g/mol. The summed E-state index contributed by atoms with van der Waals surface area (Å²) < 4.78 is 0. The predicted octanol–water partition coefficient (Wildman–Crippen LogP) is 5.91. The van der Waals surface area contributed by atoms with Gasteiger partial charge in [-0.25, -0.2) is 0 Å². The summed E-state index contributed by atoms with van der Waals surface area (Å²) in [5, 5.41) is 7.13. The lowest BCUT2D eigenvalue weighted by atomic mass is 9.87. The van der Waals surface area contributed by atoms with Gasteiger partial charge < -0.3 is 0 Å². The van der Waals surface area contributed by atoms with Crippen LogP contribution in [-0.4, -0.2) is 10.2 Å². The van der Waals surface area contributed by atoms with Gasteiger partial charge in [0.1, 0.15) is 0 Å². The lowest BCUT2D eigenvalue weighted by Crippen LogP contribution is -2.02. The monoisotopic (exact) mass is 318 g/mol. The second-order valence-corrected chi connectivity index (χ2v) is 7.07. The van der Waals surface area contributed by atoms with Crippen molar-refractivity contribution in [3.8, 4) is 11.3 Å². The molecule has 1 aromatic heterocycles. The SMILES string of the molecule is CC(C)c1ccccc1Cc1ccc(-c2ccn[nH]2)cc1C(C)C. The summed E-state index contributed by atoms with van der Waals surface area (Å²) >= 11 is 0. The van der Waals surface area contributed by atoms with Crippen LogP contribution in [0.1, 0.15) is 61.8 Å². The summed E-state index contributed by atoms with van der Waals surface area (Å²) in [7, 11) is 0. The Labute approximate surface area is 144 Å². The molecule has 1 heterocycles. The van der Waals surface area contributed by atoms with Gasteiger partial charge in [-0.15, -0.1) is 0 Å². The van der Waals surface area contributed by atoms with Crippen molar-refractivity contribution in [2.75, 3.05) is 0 Å². The molecule has 0 aliphatic heterocycles. The lowest BCUT2D eigenvalue weighted by Gasteiger charge is -2.17. The molecule has 24 heavy (non-hydrogen) atoms. The highest BCUT2D eigenvalue weighted by molar-refractivity contribution is 5.61. The Morgan fingerprint density at radius 2 is 1.54 bits per heavy atom. The standard InChI is InChI=1S/C22H26N2/c1-15(2)20-8-6-5-7-17(20)13-18-9-10-19(14-21(18)16(3)4)22-11-12-23-24-22/h5-12,14-16H,13H2,1-4H3,(H,23,24). The van der Waals surface area contributed by atoms with Crippen molar-refractivity contribution in [1.82, 2.24) is 10.2 Å². The normalized spacial score (nSPS) is 11.4. The molecule has 0 saturated carbocycles. The second-order valence-electron chi connectivity index (χ2n) is 7.07. The molecule has 3 rings (SSSR count). The van der Waals surface area contributed by atoms with Crippen molar-refractivity contribution < 1.29 is 0 Å². The second kappa shape index (κ2) is 7.04. The summed E-state index contributed by atoms with van der Waals surface area (Å²) in [5.41, 5.74) is 8.00. The van der Waals surface area contributed by atoms with E-state index in [1.165, 1.54) is 27.8 Å². The van der Waals surface area contributed by atoms with Crippen molar-refractivity contribution in [2.24, 2.45) is 0 Å². The van der Waals surface area contributed by atoms with E-state index in [9.17, 15) is 0 Å². The molecule has 0 unspecified atom stereocenters. The maximum Gasteiger partial charge on any atom is 0.0650 e. The molecule has 0 saturated heterocycles. The van der Waals surface area contributed by atoms with Crippen LogP contribution in [0.2, 0.25) is 0 Å². The Kier molecular flexibility index (Phi) is 4.84. The molecule has 124 valence electrons. The molecule has 0 radical (unpaired) electrons. The molecule has 2 aromatic carbocycles. The molecule has 0 aliphatic rings. The highest BCUT2D eigenvalue weighted by atomic mass is 15.1. The fourth-order valence-corrected chi connectivity index (χ4v) is 3.34. The smallest absolute Gasteiger partial charge is 0.0650 e. The number of aromatic amines is 1. The fraction of sp³-hybridized carbons (Fsp3) is 0.318. The number of hydrogen-bond acceptors (Lipinski definition) is 1. The van der Waals surface area contributed by atoms with Gasteiger partial charge in [-0.05, 0) is 58.2 Å². The van der Waals surface area contributed by atoms with Gasteiger partial charge in [-0.1, -0.05) is 64.1 Å². The summed E-state index contributed by atoms with van der Waals surface area (Å²) in [6.45, 7) is 9.07. The van der Waals surface area contributed by atoms with Crippen molar-refractivity contribution in [1.29, 1.82) is 0 Å². The number of hydrogen-bond donors (Lipinski definition) is 1. The van der Waals surface area contributed by atoms with Gasteiger partial charge in [-0.3, -0.25) is 5.10 Å². The van der Waals surface area contributed by atoms with E-state index < -0.39 is 0 Å². The van der Waals surface area contributed by atoms with E-state index in [1.54, 1.807) is 6.20 Å². The van der Waals surface area contributed by atoms with Crippen molar-refractivity contribution in [3.05, 3.63) is 77.0 Å². The zero-order valence-corrected chi connectivity index (χ0v) is 15.0. The highest BCUT2D eigenvalue weighted by Crippen LogP contribution is 2.29. The Bertz CT molecular complexity index is 799. The average Bonchev–Trinajstić information content (AvgIpc) is 3.10. The van der Waals surface area contributed by atoms with Gasteiger partial charge >= 0.3 is 0 Å². The zero-order chi connectivity index (χ0) is 17.1. The van der Waals surface area contributed by atoms with E-state index in [4.69, 9.17) is 0 Å². The summed E-state index contributed by atoms with van der Waals surface area (Å²) in [6.07, 6.45) is 2.79. The van der Waals surface area contributed by atoms with Crippen molar-refractivity contribution in [2.45, 2.75) is 46.0 Å². The zero-order valence-electron chi connectivity index (χ0n) is 15.0. The molecule has 0 bridgehead atoms. The van der Waals surface area contributed by atoms with Crippen LogP contribution < -0.4 is 0 Å². The first-order valence-corrected chi connectivity index (χ1v) is 8.76. The van der Waals surface area contributed by atoms with E-state index in [0.717, 1.165) is 12.1 Å². The molecule has 0 fully saturated rings. The summed E-state index contributed by atoms with van der Waals surface area (Å²) in [6, 6.07) is 17.6. The number of rotatable bonds is 5. The largest absolute Gasteiger partial charge is 0.278 e. The molecule has 3 aromatic rings. The Morgan fingerprint density at radius 3 is 2.21 bits per heavy atom. The lowest BCUT2D eigenvalue weighted by molar-refractivity contribution is 0.831. The van der Waals surface area contributed by atoms with Crippen molar-refractivity contribution in [3.63, 3.8) is 0 Å². The van der Waals surface area contributed by atoms with E-state index in [0.29, 0.717) is 11.8 Å². The van der Waals surface area contributed by atoms with Crippen LogP contribution in [-0.2, 0) is 6.42 Å². The van der Waals surface area contributed by atoms with Gasteiger partial charge in [0.2, 0.25) is 0 Å². The van der Waals surface area contributed by atoms with Gasteiger partial charge in [0.25, 0.3) is 0 Å². The number of benzene rings is 2. The quantitative estimate of drug-likeness (QED) is 0.622. The molecule has 0 aliphatic carbocycles. The highest BCUT2D eigenvalue weighted by Gasteiger charge is 2.13. The van der Waals surface area contributed by atoms with E-state index in [2.05, 4.69) is 80.4 Å². The van der Waals surface area contributed by atoms with Crippen molar-refractivity contribution >= 4 is 0 Å². The van der Waals surface area contributed by atoms with Crippen LogP contribution in [0.4, 0.5) is 0 Å². The van der Waals surface area contributed by atoms with E-state index in [1.807, 2.05) is 6.07 Å². The first-order chi connectivity index (χ1) is 11.6. The van der Waals surface area contributed by atoms with Crippen LogP contribution in [0.25, 0.3) is 11.3 Å². The minimum absolute atomic E-state index is 0.495. The molecule has 2 nitrogen and oxygen atoms in total. The Hall–Kier alpha value is -2.35. The van der Waals surface area contributed by atoms with Crippen LogP contribution in [0.5, 0.6) is 0 Å². The molecule has 1 N–H and O–H groups in total.